The highest BCUT2D eigenvalue weighted by molar-refractivity contribution is 5.96. The number of halogens is 3. The molecule has 220 valence electrons. The molecule has 2 aromatic heterocycles. The molecule has 1 unspecified atom stereocenters. The summed E-state index contributed by atoms with van der Waals surface area (Å²) in [7, 11) is 0. The van der Waals surface area contributed by atoms with E-state index in [1.54, 1.807) is 13.8 Å². The standard InChI is InChI=1S/C28H28F3N7O4/c1-14-26(27(40)34-19-8-20(39)9-19)15(2)37(35-14)25-10-24(22(31)11-32-25)42-21-12-36(13-21)28(41)38-23(3-4-33-38)16-5-17(29)7-18(30)6-16/h4-7,10-11,19-21,23,39H,3,8-9,12-13H2,1-2H3,(H,34,40). The molecule has 3 aliphatic rings. The van der Waals surface area contributed by atoms with Crippen molar-refractivity contribution in [2.75, 3.05) is 13.1 Å². The Hall–Kier alpha value is -4.46. The second kappa shape index (κ2) is 10.7. The number of nitrogens with one attached hydrogen (secondary N) is 1. The molecule has 42 heavy (non-hydrogen) atoms. The van der Waals surface area contributed by atoms with Crippen LogP contribution in [0.5, 0.6) is 5.75 Å². The normalized spacial score (nSPS) is 21.7. The SMILES string of the molecule is Cc1nn(-c2cc(OC3CN(C(=O)N4N=CCC4c4cc(F)cc(F)c4)C3)c(F)cn2)c(C)c1C(=O)NC1CC(O)C1. The minimum atomic E-state index is -0.741. The summed E-state index contributed by atoms with van der Waals surface area (Å²) >= 11 is 0. The van der Waals surface area contributed by atoms with E-state index < -0.39 is 41.7 Å². The Morgan fingerprint density at radius 1 is 1.07 bits per heavy atom. The first kappa shape index (κ1) is 27.7. The van der Waals surface area contributed by atoms with Crippen molar-refractivity contribution >= 4 is 18.2 Å². The third kappa shape index (κ3) is 5.17. The van der Waals surface area contributed by atoms with Gasteiger partial charge in [0.05, 0.1) is 48.4 Å². The Bertz CT molecular complexity index is 1560. The smallest absolute Gasteiger partial charge is 0.341 e. The third-order valence-electron chi connectivity index (χ3n) is 7.70. The van der Waals surface area contributed by atoms with E-state index in [-0.39, 0.29) is 36.6 Å². The van der Waals surface area contributed by atoms with Crippen LogP contribution in [-0.2, 0) is 0 Å². The molecule has 3 aromatic rings. The van der Waals surface area contributed by atoms with Gasteiger partial charge in [0.25, 0.3) is 5.91 Å². The number of benzene rings is 1. The number of aromatic nitrogens is 3. The van der Waals surface area contributed by atoms with Crippen LogP contribution >= 0.6 is 0 Å². The summed E-state index contributed by atoms with van der Waals surface area (Å²) in [5.74, 6) is -2.34. The van der Waals surface area contributed by atoms with Gasteiger partial charge in [0, 0.05) is 30.8 Å². The van der Waals surface area contributed by atoms with E-state index >= 15 is 0 Å². The average Bonchev–Trinajstić information content (AvgIpc) is 3.49. The minimum Gasteiger partial charge on any atom is -0.483 e. The molecule has 2 aliphatic heterocycles. The lowest BCUT2D eigenvalue weighted by atomic mass is 9.89. The third-order valence-corrected chi connectivity index (χ3v) is 7.70. The number of pyridine rings is 1. The van der Waals surface area contributed by atoms with E-state index in [1.807, 2.05) is 0 Å². The Kier molecular flexibility index (Phi) is 7.09. The fourth-order valence-electron chi connectivity index (χ4n) is 5.41. The van der Waals surface area contributed by atoms with Gasteiger partial charge in [-0.15, -0.1) is 0 Å². The molecule has 4 heterocycles. The summed E-state index contributed by atoms with van der Waals surface area (Å²) in [6.45, 7) is 3.69. The number of hydrogen-bond donors (Lipinski definition) is 2. The molecule has 6 rings (SSSR count). The molecule has 1 saturated carbocycles. The molecular weight excluding hydrogens is 555 g/mol. The zero-order valence-corrected chi connectivity index (χ0v) is 22.8. The fraction of sp³-hybridized carbons (Fsp3) is 0.393. The van der Waals surface area contributed by atoms with Gasteiger partial charge < -0.3 is 20.1 Å². The number of carbonyl (C=O) groups is 2. The molecule has 2 N–H and O–H groups in total. The lowest BCUT2D eigenvalue weighted by Gasteiger charge is -2.41. The predicted molar refractivity (Wildman–Crippen MR) is 143 cm³/mol. The highest BCUT2D eigenvalue weighted by Crippen LogP contribution is 2.32. The molecule has 1 atom stereocenters. The number of aliphatic hydroxyl groups excluding tert-OH is 1. The molecule has 11 nitrogen and oxygen atoms in total. The van der Waals surface area contributed by atoms with Gasteiger partial charge in [0.1, 0.15) is 17.7 Å². The number of hydrogen-bond acceptors (Lipinski definition) is 7. The van der Waals surface area contributed by atoms with Gasteiger partial charge in [0.2, 0.25) is 0 Å². The van der Waals surface area contributed by atoms with Gasteiger partial charge in [-0.3, -0.25) is 4.79 Å². The average molecular weight is 584 g/mol. The summed E-state index contributed by atoms with van der Waals surface area (Å²) in [4.78, 5) is 31.5. The number of amides is 3. The number of aliphatic hydroxyl groups is 1. The first-order chi connectivity index (χ1) is 20.1. The van der Waals surface area contributed by atoms with Crippen molar-refractivity contribution in [3.63, 3.8) is 0 Å². The largest absolute Gasteiger partial charge is 0.483 e. The van der Waals surface area contributed by atoms with Crippen molar-refractivity contribution in [2.24, 2.45) is 5.10 Å². The van der Waals surface area contributed by atoms with Gasteiger partial charge in [-0.25, -0.2) is 32.6 Å². The first-order valence-electron chi connectivity index (χ1n) is 13.5. The van der Waals surface area contributed by atoms with Crippen LogP contribution in [0, 0.1) is 31.3 Å². The lowest BCUT2D eigenvalue weighted by Crippen LogP contribution is -2.58. The topological polar surface area (TPSA) is 125 Å². The van der Waals surface area contributed by atoms with E-state index in [0.29, 0.717) is 41.8 Å². The van der Waals surface area contributed by atoms with Crippen molar-refractivity contribution in [1.29, 1.82) is 0 Å². The van der Waals surface area contributed by atoms with Crippen LogP contribution in [0.3, 0.4) is 0 Å². The molecule has 2 fully saturated rings. The second-order valence-electron chi connectivity index (χ2n) is 10.8. The van der Waals surface area contributed by atoms with Gasteiger partial charge in [-0.05, 0) is 44.4 Å². The first-order valence-corrected chi connectivity index (χ1v) is 13.5. The van der Waals surface area contributed by atoms with Crippen molar-refractivity contribution in [3.8, 4) is 11.6 Å². The van der Waals surface area contributed by atoms with Gasteiger partial charge in [0.15, 0.2) is 17.4 Å². The second-order valence-corrected chi connectivity index (χ2v) is 10.8. The maximum absolute atomic E-state index is 14.7. The summed E-state index contributed by atoms with van der Waals surface area (Å²) in [5, 5.41) is 22.1. The van der Waals surface area contributed by atoms with E-state index in [1.165, 1.54) is 39.0 Å². The zero-order valence-electron chi connectivity index (χ0n) is 22.8. The number of aryl methyl sites for hydroxylation is 1. The summed E-state index contributed by atoms with van der Waals surface area (Å²) in [5.41, 5.74) is 1.65. The van der Waals surface area contributed by atoms with Crippen LogP contribution in [0.1, 0.15) is 52.6 Å². The number of hydrazone groups is 1. The lowest BCUT2D eigenvalue weighted by molar-refractivity contribution is 0.0256. The summed E-state index contributed by atoms with van der Waals surface area (Å²) in [6, 6.07) is 3.29. The van der Waals surface area contributed by atoms with E-state index in [4.69, 9.17) is 4.74 Å². The van der Waals surface area contributed by atoms with Crippen LogP contribution in [0.2, 0.25) is 0 Å². The van der Waals surface area contributed by atoms with Gasteiger partial charge >= 0.3 is 6.03 Å². The summed E-state index contributed by atoms with van der Waals surface area (Å²) in [6.07, 6.45) is 2.91. The monoisotopic (exact) mass is 583 g/mol. The summed E-state index contributed by atoms with van der Waals surface area (Å²) < 4.78 is 49.4. The molecule has 3 amide bonds. The number of ether oxygens (including phenoxy) is 1. The molecule has 1 aromatic carbocycles. The maximum atomic E-state index is 14.7. The van der Waals surface area contributed by atoms with E-state index in [2.05, 4.69) is 20.5 Å². The van der Waals surface area contributed by atoms with Crippen molar-refractivity contribution in [2.45, 2.75) is 57.4 Å². The van der Waals surface area contributed by atoms with Crippen LogP contribution in [0.15, 0.2) is 35.6 Å². The molecule has 0 radical (unpaired) electrons. The molecule has 1 saturated heterocycles. The van der Waals surface area contributed by atoms with Crippen molar-refractivity contribution in [3.05, 3.63) is 70.4 Å². The van der Waals surface area contributed by atoms with Gasteiger partial charge in [-0.1, -0.05) is 0 Å². The number of rotatable bonds is 6. The number of likely N-dealkylation sites (tertiary alicyclic amines) is 1. The highest BCUT2D eigenvalue weighted by atomic mass is 19.1. The van der Waals surface area contributed by atoms with Crippen LogP contribution < -0.4 is 10.1 Å². The molecule has 0 spiro atoms. The number of carbonyl (C=O) groups excluding carboxylic acids is 2. The van der Waals surface area contributed by atoms with Gasteiger partial charge in [-0.2, -0.15) is 10.2 Å². The Balaban J connectivity index is 1.11. The molecule has 0 bridgehead atoms. The van der Waals surface area contributed by atoms with Crippen LogP contribution in [0.4, 0.5) is 18.0 Å². The molecule has 14 heteroatoms. The van der Waals surface area contributed by atoms with Crippen LogP contribution in [0.25, 0.3) is 5.82 Å². The maximum Gasteiger partial charge on any atom is 0.341 e. The minimum absolute atomic E-state index is 0.0913. The van der Waals surface area contributed by atoms with Crippen molar-refractivity contribution in [1.82, 2.24) is 30.0 Å². The molecule has 1 aliphatic carbocycles. The molecular formula is C28H28F3N7O4. The Labute approximate surface area is 238 Å². The fourth-order valence-corrected chi connectivity index (χ4v) is 5.41. The zero-order chi connectivity index (χ0) is 29.7. The van der Waals surface area contributed by atoms with E-state index in [0.717, 1.165) is 12.3 Å². The quantitative estimate of drug-likeness (QED) is 0.460. The van der Waals surface area contributed by atoms with Crippen LogP contribution in [-0.4, -0.2) is 79.3 Å². The Morgan fingerprint density at radius 3 is 2.48 bits per heavy atom. The number of nitrogens with zero attached hydrogens (tertiary/aromatic N) is 6. The number of urea groups is 1. The predicted octanol–water partition coefficient (Wildman–Crippen LogP) is 3.17. The van der Waals surface area contributed by atoms with Crippen molar-refractivity contribution < 1.29 is 32.6 Å². The Morgan fingerprint density at radius 2 is 1.79 bits per heavy atom. The highest BCUT2D eigenvalue weighted by Gasteiger charge is 2.39. The van der Waals surface area contributed by atoms with E-state index in [9.17, 15) is 27.9 Å².